The van der Waals surface area contributed by atoms with Crippen LogP contribution in [-0.4, -0.2) is 24.6 Å². The molecule has 27 heavy (non-hydrogen) atoms. The summed E-state index contributed by atoms with van der Waals surface area (Å²) in [7, 11) is 3.00. The van der Waals surface area contributed by atoms with Crippen LogP contribution in [-0.2, 0) is 25.4 Å². The number of benzene rings is 1. The van der Waals surface area contributed by atoms with Crippen LogP contribution in [0.4, 0.5) is 5.69 Å². The Kier molecular flexibility index (Phi) is 5.18. The van der Waals surface area contributed by atoms with Crippen molar-refractivity contribution in [1.29, 1.82) is 0 Å². The van der Waals surface area contributed by atoms with E-state index in [2.05, 4.69) is 10.3 Å². The van der Waals surface area contributed by atoms with Crippen LogP contribution in [0.25, 0.3) is 11.2 Å². The van der Waals surface area contributed by atoms with Gasteiger partial charge in [0.25, 0.3) is 5.56 Å². The molecule has 9 heteroatoms. The van der Waals surface area contributed by atoms with E-state index in [4.69, 9.17) is 11.6 Å². The predicted octanol–water partition coefficient (Wildman–Crippen LogP) is 1.81. The zero-order valence-electron chi connectivity index (χ0n) is 15.3. The minimum absolute atomic E-state index is 0.134. The summed E-state index contributed by atoms with van der Waals surface area (Å²) in [6.07, 6.45) is 2.31. The zero-order chi connectivity index (χ0) is 19.7. The number of carbonyl (C=O) groups is 1. The average Bonchev–Trinajstić information content (AvgIpc) is 3.05. The van der Waals surface area contributed by atoms with Crippen LogP contribution in [0.2, 0.25) is 5.02 Å². The fraction of sp³-hybridized carbons (Fsp3) is 0.333. The Morgan fingerprint density at radius 3 is 2.70 bits per heavy atom. The largest absolute Gasteiger partial charge is 0.332 e. The zero-order valence-corrected chi connectivity index (χ0v) is 16.1. The first-order chi connectivity index (χ1) is 12.8. The lowest BCUT2D eigenvalue weighted by molar-refractivity contribution is -0.116. The number of amides is 1. The number of nitrogens with zero attached hydrogens (tertiary/aromatic N) is 4. The number of nitrogens with one attached hydrogen (secondary N) is 1. The summed E-state index contributed by atoms with van der Waals surface area (Å²) in [5.74, 6) is -0.134. The lowest BCUT2D eigenvalue weighted by Gasteiger charge is -2.09. The number of rotatable bonds is 5. The molecule has 3 aromatic rings. The fourth-order valence-electron chi connectivity index (χ4n) is 2.92. The molecule has 0 aliphatic carbocycles. The Morgan fingerprint density at radius 1 is 1.22 bits per heavy atom. The maximum Gasteiger partial charge on any atom is 0.332 e. The van der Waals surface area contributed by atoms with Crippen molar-refractivity contribution in [2.75, 3.05) is 5.32 Å². The number of aromatic nitrogens is 4. The molecule has 0 aliphatic heterocycles. The van der Waals surface area contributed by atoms with Gasteiger partial charge in [0.05, 0.1) is 6.33 Å². The number of fused-ring (bicyclic) bond motifs is 1. The third-order valence-corrected chi connectivity index (χ3v) is 4.73. The minimum Gasteiger partial charge on any atom is -0.326 e. The summed E-state index contributed by atoms with van der Waals surface area (Å²) < 4.78 is 4.06. The molecule has 0 spiro atoms. The van der Waals surface area contributed by atoms with E-state index >= 15 is 0 Å². The average molecular weight is 390 g/mol. The Bertz CT molecular complexity index is 1140. The maximum atomic E-state index is 12.4. The minimum atomic E-state index is -0.422. The summed E-state index contributed by atoms with van der Waals surface area (Å²) in [5, 5.41) is 3.40. The van der Waals surface area contributed by atoms with Crippen LogP contribution in [0.15, 0.2) is 34.1 Å². The van der Waals surface area contributed by atoms with Gasteiger partial charge in [-0.25, -0.2) is 9.78 Å². The predicted molar refractivity (Wildman–Crippen MR) is 104 cm³/mol. The number of aryl methyl sites for hydroxylation is 3. The Labute approximate surface area is 160 Å². The van der Waals surface area contributed by atoms with Gasteiger partial charge >= 0.3 is 5.69 Å². The van der Waals surface area contributed by atoms with Gasteiger partial charge < -0.3 is 9.88 Å². The Morgan fingerprint density at radius 2 is 1.96 bits per heavy atom. The van der Waals surface area contributed by atoms with Gasteiger partial charge in [0.1, 0.15) is 0 Å². The summed E-state index contributed by atoms with van der Waals surface area (Å²) in [6.45, 7) is 2.33. The first-order valence-corrected chi connectivity index (χ1v) is 8.84. The van der Waals surface area contributed by atoms with Crippen molar-refractivity contribution in [1.82, 2.24) is 18.7 Å². The lowest BCUT2D eigenvalue weighted by atomic mass is 10.2. The van der Waals surface area contributed by atoms with Crippen molar-refractivity contribution in [3.63, 3.8) is 0 Å². The van der Waals surface area contributed by atoms with Crippen LogP contribution < -0.4 is 16.6 Å². The number of hydrogen-bond acceptors (Lipinski definition) is 4. The molecule has 0 atom stereocenters. The van der Waals surface area contributed by atoms with E-state index in [0.717, 1.165) is 10.1 Å². The molecule has 1 aromatic carbocycles. The van der Waals surface area contributed by atoms with E-state index in [1.807, 2.05) is 13.0 Å². The number of carbonyl (C=O) groups excluding carboxylic acids is 1. The van der Waals surface area contributed by atoms with Crippen LogP contribution in [0.5, 0.6) is 0 Å². The van der Waals surface area contributed by atoms with Crippen molar-refractivity contribution < 1.29 is 4.79 Å². The van der Waals surface area contributed by atoms with E-state index in [9.17, 15) is 14.4 Å². The lowest BCUT2D eigenvalue weighted by Crippen LogP contribution is -2.37. The van der Waals surface area contributed by atoms with Gasteiger partial charge in [-0.05, 0) is 31.0 Å². The van der Waals surface area contributed by atoms with Crippen LogP contribution in [0, 0.1) is 6.92 Å². The number of hydrogen-bond donors (Lipinski definition) is 1. The topological polar surface area (TPSA) is 90.9 Å². The second kappa shape index (κ2) is 7.40. The Balaban J connectivity index is 1.71. The second-order valence-electron chi connectivity index (χ2n) is 6.43. The van der Waals surface area contributed by atoms with Crippen molar-refractivity contribution in [2.45, 2.75) is 26.3 Å². The highest BCUT2D eigenvalue weighted by molar-refractivity contribution is 6.31. The van der Waals surface area contributed by atoms with E-state index in [1.165, 1.54) is 17.9 Å². The number of halogens is 1. The first kappa shape index (κ1) is 18.9. The molecular formula is C18H20ClN5O3. The summed E-state index contributed by atoms with van der Waals surface area (Å²) in [5.41, 5.74) is 1.48. The molecule has 3 rings (SSSR count). The van der Waals surface area contributed by atoms with Gasteiger partial charge in [0.2, 0.25) is 5.91 Å². The summed E-state index contributed by atoms with van der Waals surface area (Å²) in [4.78, 5) is 40.7. The van der Waals surface area contributed by atoms with Gasteiger partial charge in [0, 0.05) is 37.8 Å². The molecule has 0 bridgehead atoms. The highest BCUT2D eigenvalue weighted by Gasteiger charge is 2.14. The van der Waals surface area contributed by atoms with Gasteiger partial charge in [-0.15, -0.1) is 0 Å². The third kappa shape index (κ3) is 3.66. The molecule has 1 amide bonds. The van der Waals surface area contributed by atoms with Gasteiger partial charge in [-0.2, -0.15) is 0 Å². The molecule has 0 unspecified atom stereocenters. The van der Waals surface area contributed by atoms with Crippen LogP contribution in [0.3, 0.4) is 0 Å². The normalized spacial score (nSPS) is 11.1. The monoisotopic (exact) mass is 389 g/mol. The fourth-order valence-corrected chi connectivity index (χ4v) is 3.09. The summed E-state index contributed by atoms with van der Waals surface area (Å²) in [6, 6.07) is 5.32. The standard InChI is InChI=1S/C18H20ClN5O3/c1-11-6-7-12(19)9-13(11)21-14(25)5-4-8-24-10-20-16-15(24)17(26)23(3)18(27)22(16)2/h6-7,9-10H,4-5,8H2,1-3H3,(H,21,25). The van der Waals surface area contributed by atoms with E-state index in [-0.39, 0.29) is 12.3 Å². The van der Waals surface area contributed by atoms with Crippen LogP contribution >= 0.6 is 11.6 Å². The molecule has 0 saturated carbocycles. The molecule has 1 N–H and O–H groups in total. The molecule has 2 aromatic heterocycles. The van der Waals surface area contributed by atoms with E-state index in [1.54, 1.807) is 23.7 Å². The molecule has 0 fully saturated rings. The van der Waals surface area contributed by atoms with Crippen molar-refractivity contribution in [3.8, 4) is 0 Å². The molecular weight excluding hydrogens is 370 g/mol. The quantitative estimate of drug-likeness (QED) is 0.720. The molecule has 0 saturated heterocycles. The van der Waals surface area contributed by atoms with Crippen molar-refractivity contribution >= 4 is 34.4 Å². The maximum absolute atomic E-state index is 12.4. The number of imidazole rings is 1. The van der Waals surface area contributed by atoms with Crippen molar-refractivity contribution in [2.24, 2.45) is 14.1 Å². The van der Waals surface area contributed by atoms with Gasteiger partial charge in [-0.3, -0.25) is 18.7 Å². The number of anilines is 1. The van der Waals surface area contributed by atoms with E-state index < -0.39 is 11.2 Å². The molecule has 8 nitrogen and oxygen atoms in total. The second-order valence-corrected chi connectivity index (χ2v) is 6.86. The molecule has 0 aliphatic rings. The van der Waals surface area contributed by atoms with Gasteiger partial charge in [-0.1, -0.05) is 17.7 Å². The smallest absolute Gasteiger partial charge is 0.326 e. The highest BCUT2D eigenvalue weighted by Crippen LogP contribution is 2.20. The van der Waals surface area contributed by atoms with Crippen LogP contribution in [0.1, 0.15) is 18.4 Å². The molecule has 0 radical (unpaired) electrons. The SMILES string of the molecule is Cc1ccc(Cl)cc1NC(=O)CCCn1cnc2c1c(=O)n(C)c(=O)n2C. The van der Waals surface area contributed by atoms with Gasteiger partial charge in [0.15, 0.2) is 11.2 Å². The first-order valence-electron chi connectivity index (χ1n) is 8.46. The van der Waals surface area contributed by atoms with E-state index in [0.29, 0.717) is 34.8 Å². The van der Waals surface area contributed by atoms with Crippen molar-refractivity contribution in [3.05, 3.63) is 56.0 Å². The highest BCUT2D eigenvalue weighted by atomic mass is 35.5. The molecule has 142 valence electrons. The Hall–Kier alpha value is -2.87. The molecule has 2 heterocycles. The third-order valence-electron chi connectivity index (χ3n) is 4.49. The summed E-state index contributed by atoms with van der Waals surface area (Å²) >= 11 is 5.96.